The van der Waals surface area contributed by atoms with E-state index >= 15 is 0 Å². The molecule has 0 aromatic rings. The number of hydrogen-bond acceptors (Lipinski definition) is 3. The summed E-state index contributed by atoms with van der Waals surface area (Å²) in [5.74, 6) is 1.46. The van der Waals surface area contributed by atoms with Gasteiger partial charge in [-0.3, -0.25) is 4.90 Å². The molecule has 2 aliphatic heterocycles. The van der Waals surface area contributed by atoms with Crippen LogP contribution in [0.2, 0.25) is 0 Å². The van der Waals surface area contributed by atoms with Gasteiger partial charge in [-0.15, -0.1) is 0 Å². The first-order valence-electron chi connectivity index (χ1n) is 7.93. The highest BCUT2D eigenvalue weighted by Gasteiger charge is 2.37. The van der Waals surface area contributed by atoms with Crippen LogP contribution in [-0.2, 0) is 4.74 Å². The fraction of sp³-hybridized carbons (Fsp3) is 1.00. The van der Waals surface area contributed by atoms with Crippen molar-refractivity contribution in [1.82, 2.24) is 10.2 Å². The van der Waals surface area contributed by atoms with Crippen molar-refractivity contribution in [2.75, 3.05) is 32.8 Å². The Morgan fingerprint density at radius 3 is 2.58 bits per heavy atom. The maximum atomic E-state index is 5.55. The van der Waals surface area contributed by atoms with Crippen LogP contribution in [0, 0.1) is 17.3 Å². The molecule has 1 N–H and O–H groups in total. The summed E-state index contributed by atoms with van der Waals surface area (Å²) in [4.78, 5) is 2.74. The second-order valence-corrected chi connectivity index (χ2v) is 7.82. The quantitative estimate of drug-likeness (QED) is 0.850. The molecule has 0 aliphatic carbocycles. The third-order valence-electron chi connectivity index (χ3n) is 4.77. The molecule has 2 aliphatic rings. The molecule has 112 valence electrons. The molecule has 0 radical (unpaired) electrons. The summed E-state index contributed by atoms with van der Waals surface area (Å²) < 4.78 is 5.55. The van der Waals surface area contributed by atoms with Crippen molar-refractivity contribution in [3.05, 3.63) is 0 Å². The fourth-order valence-corrected chi connectivity index (χ4v) is 3.40. The van der Waals surface area contributed by atoms with E-state index in [1.807, 2.05) is 0 Å². The molecule has 0 aromatic heterocycles. The molecule has 3 nitrogen and oxygen atoms in total. The Morgan fingerprint density at radius 2 is 2.05 bits per heavy atom. The summed E-state index contributed by atoms with van der Waals surface area (Å²) in [5.41, 5.74) is 0.342. The van der Waals surface area contributed by atoms with Gasteiger partial charge in [-0.1, -0.05) is 34.6 Å². The number of ether oxygens (including phenoxy) is 1. The van der Waals surface area contributed by atoms with Gasteiger partial charge < -0.3 is 10.1 Å². The SMILES string of the molecule is CC(C)C1CN(CC2CCOC2)C(C(C)(C)C)CN1. The summed E-state index contributed by atoms with van der Waals surface area (Å²) in [6.45, 7) is 17.2. The Balaban J connectivity index is 2.01. The van der Waals surface area contributed by atoms with E-state index in [4.69, 9.17) is 4.74 Å². The highest BCUT2D eigenvalue weighted by Crippen LogP contribution is 2.29. The van der Waals surface area contributed by atoms with Gasteiger partial charge in [0.2, 0.25) is 0 Å². The van der Waals surface area contributed by atoms with E-state index in [1.165, 1.54) is 19.5 Å². The van der Waals surface area contributed by atoms with Crippen LogP contribution in [0.25, 0.3) is 0 Å². The molecule has 3 heteroatoms. The maximum absolute atomic E-state index is 5.55. The van der Waals surface area contributed by atoms with E-state index in [9.17, 15) is 0 Å². The molecule has 19 heavy (non-hydrogen) atoms. The topological polar surface area (TPSA) is 24.5 Å². The summed E-state index contributed by atoms with van der Waals surface area (Å²) in [6, 6.07) is 1.28. The van der Waals surface area contributed by atoms with Gasteiger partial charge in [0.15, 0.2) is 0 Å². The normalized spacial score (nSPS) is 34.1. The van der Waals surface area contributed by atoms with E-state index in [2.05, 4.69) is 44.8 Å². The van der Waals surface area contributed by atoms with E-state index in [-0.39, 0.29) is 0 Å². The predicted octanol–water partition coefficient (Wildman–Crippen LogP) is 2.37. The molecule has 2 saturated heterocycles. The highest BCUT2D eigenvalue weighted by atomic mass is 16.5. The fourth-order valence-electron chi connectivity index (χ4n) is 3.40. The van der Waals surface area contributed by atoms with Gasteiger partial charge in [0, 0.05) is 38.3 Å². The molecule has 0 spiro atoms. The summed E-state index contributed by atoms with van der Waals surface area (Å²) in [6.07, 6.45) is 1.24. The minimum Gasteiger partial charge on any atom is -0.381 e. The van der Waals surface area contributed by atoms with E-state index in [1.54, 1.807) is 0 Å². The minimum atomic E-state index is 0.342. The maximum Gasteiger partial charge on any atom is 0.0507 e. The number of piperazine rings is 1. The molecular weight excluding hydrogens is 236 g/mol. The lowest BCUT2D eigenvalue weighted by atomic mass is 9.82. The van der Waals surface area contributed by atoms with Gasteiger partial charge in [0.1, 0.15) is 0 Å². The molecule has 0 aromatic carbocycles. The molecular formula is C16H32N2O. The lowest BCUT2D eigenvalue weighted by molar-refractivity contribution is 0.0324. The van der Waals surface area contributed by atoms with Crippen molar-refractivity contribution in [1.29, 1.82) is 0 Å². The molecule has 0 bridgehead atoms. The minimum absolute atomic E-state index is 0.342. The first-order chi connectivity index (χ1) is 8.88. The van der Waals surface area contributed by atoms with E-state index < -0.39 is 0 Å². The predicted molar refractivity (Wildman–Crippen MR) is 80.4 cm³/mol. The van der Waals surface area contributed by atoms with Crippen molar-refractivity contribution >= 4 is 0 Å². The molecule has 2 heterocycles. The number of hydrogen-bond donors (Lipinski definition) is 1. The van der Waals surface area contributed by atoms with Crippen molar-refractivity contribution in [3.63, 3.8) is 0 Å². The molecule has 3 atom stereocenters. The van der Waals surface area contributed by atoms with Crippen LogP contribution in [-0.4, -0.2) is 49.8 Å². The van der Waals surface area contributed by atoms with Crippen LogP contribution < -0.4 is 5.32 Å². The Bertz CT molecular complexity index is 277. The van der Waals surface area contributed by atoms with Gasteiger partial charge in [-0.2, -0.15) is 0 Å². The van der Waals surface area contributed by atoms with Crippen LogP contribution in [0.5, 0.6) is 0 Å². The van der Waals surface area contributed by atoms with Gasteiger partial charge >= 0.3 is 0 Å². The lowest BCUT2D eigenvalue weighted by Crippen LogP contribution is -2.62. The lowest BCUT2D eigenvalue weighted by Gasteiger charge is -2.48. The van der Waals surface area contributed by atoms with Gasteiger partial charge in [0.05, 0.1) is 6.61 Å². The molecule has 0 amide bonds. The summed E-state index contributed by atoms with van der Waals surface area (Å²) >= 11 is 0. The third-order valence-corrected chi connectivity index (χ3v) is 4.77. The average Bonchev–Trinajstić information content (AvgIpc) is 2.80. The molecule has 0 saturated carbocycles. The zero-order valence-corrected chi connectivity index (χ0v) is 13.4. The second kappa shape index (κ2) is 6.11. The number of rotatable bonds is 3. The molecule has 3 unspecified atom stereocenters. The Hall–Kier alpha value is -0.120. The third kappa shape index (κ3) is 3.93. The molecule has 2 rings (SSSR count). The first kappa shape index (κ1) is 15.3. The Kier molecular flexibility index (Phi) is 4.91. The Labute approximate surface area is 119 Å². The summed E-state index contributed by atoms with van der Waals surface area (Å²) in [5, 5.41) is 3.76. The van der Waals surface area contributed by atoms with Crippen LogP contribution in [0.1, 0.15) is 41.0 Å². The standard InChI is InChI=1S/C16H32N2O/c1-12(2)14-10-18(9-13-6-7-19-11-13)15(8-17-14)16(3,4)5/h12-15,17H,6-11H2,1-5H3. The van der Waals surface area contributed by atoms with Crippen LogP contribution in [0.4, 0.5) is 0 Å². The summed E-state index contributed by atoms with van der Waals surface area (Å²) in [7, 11) is 0. The van der Waals surface area contributed by atoms with Crippen LogP contribution in [0.3, 0.4) is 0 Å². The number of nitrogens with zero attached hydrogens (tertiary/aromatic N) is 1. The smallest absolute Gasteiger partial charge is 0.0507 e. The van der Waals surface area contributed by atoms with Gasteiger partial charge in [-0.25, -0.2) is 0 Å². The van der Waals surface area contributed by atoms with Crippen LogP contribution in [0.15, 0.2) is 0 Å². The van der Waals surface area contributed by atoms with Crippen LogP contribution >= 0.6 is 0 Å². The monoisotopic (exact) mass is 268 g/mol. The Morgan fingerprint density at radius 1 is 1.32 bits per heavy atom. The molecule has 2 fully saturated rings. The van der Waals surface area contributed by atoms with E-state index in [0.29, 0.717) is 23.4 Å². The average molecular weight is 268 g/mol. The van der Waals surface area contributed by atoms with Crippen molar-refractivity contribution in [3.8, 4) is 0 Å². The van der Waals surface area contributed by atoms with E-state index in [0.717, 1.165) is 25.7 Å². The van der Waals surface area contributed by atoms with Crippen molar-refractivity contribution in [2.24, 2.45) is 17.3 Å². The highest BCUT2D eigenvalue weighted by molar-refractivity contribution is 4.94. The largest absolute Gasteiger partial charge is 0.381 e. The number of nitrogens with one attached hydrogen (secondary N) is 1. The van der Waals surface area contributed by atoms with Crippen molar-refractivity contribution < 1.29 is 4.74 Å². The zero-order valence-electron chi connectivity index (χ0n) is 13.4. The van der Waals surface area contributed by atoms with Gasteiger partial charge in [-0.05, 0) is 23.7 Å². The van der Waals surface area contributed by atoms with Crippen molar-refractivity contribution in [2.45, 2.75) is 53.1 Å². The van der Waals surface area contributed by atoms with Gasteiger partial charge in [0.25, 0.3) is 0 Å². The zero-order chi connectivity index (χ0) is 14.0. The first-order valence-corrected chi connectivity index (χ1v) is 7.93. The second-order valence-electron chi connectivity index (χ2n) is 7.82.